The third kappa shape index (κ3) is 5.28. The van der Waals surface area contributed by atoms with Crippen molar-refractivity contribution in [1.29, 1.82) is 0 Å². The van der Waals surface area contributed by atoms with Crippen LogP contribution in [0.3, 0.4) is 0 Å². The van der Waals surface area contributed by atoms with Crippen molar-refractivity contribution in [2.75, 3.05) is 33.7 Å². The lowest BCUT2D eigenvalue weighted by atomic mass is 9.98. The van der Waals surface area contributed by atoms with E-state index in [1.165, 1.54) is 0 Å². The van der Waals surface area contributed by atoms with Gasteiger partial charge in [-0.1, -0.05) is 0 Å². The van der Waals surface area contributed by atoms with Crippen LogP contribution < -0.4 is 5.73 Å². The van der Waals surface area contributed by atoms with E-state index in [1.54, 1.807) is 19.0 Å². The van der Waals surface area contributed by atoms with Gasteiger partial charge in [-0.2, -0.15) is 13.1 Å². The second-order valence-corrected chi connectivity index (χ2v) is 6.64. The maximum Gasteiger partial charge on any atom is 0.350 e. The molecule has 10 heteroatoms. The number of sulfonamides is 1. The number of hydrogen-bond donors (Lipinski definition) is 1. The Bertz CT molecular complexity index is 423. The predicted octanol–water partition coefficient (Wildman–Crippen LogP) is 0.745. The summed E-state index contributed by atoms with van der Waals surface area (Å²) in [6.07, 6.45) is 1.05. The van der Waals surface area contributed by atoms with E-state index in [9.17, 15) is 17.2 Å². The summed E-state index contributed by atoms with van der Waals surface area (Å²) in [4.78, 5) is 5.85. The summed E-state index contributed by atoms with van der Waals surface area (Å²) in [5.74, 6) is -2.75. The molecule has 0 bridgehead atoms. The molecule has 1 aliphatic heterocycles. The minimum atomic E-state index is -4.44. The maximum absolute atomic E-state index is 12.4. The Kier molecular flexibility index (Phi) is 8.18. The van der Waals surface area contributed by atoms with E-state index in [1.807, 2.05) is 0 Å². The topological polar surface area (TPSA) is 79.0 Å². The molecule has 0 unspecified atom stereocenters. The molecule has 6 nitrogen and oxygen atoms in total. The van der Waals surface area contributed by atoms with Gasteiger partial charge >= 0.3 is 5.76 Å². The van der Waals surface area contributed by atoms with E-state index in [0.29, 0.717) is 25.3 Å². The highest BCUT2D eigenvalue weighted by Crippen LogP contribution is 2.22. The van der Waals surface area contributed by atoms with Crippen molar-refractivity contribution < 1.29 is 17.2 Å². The van der Waals surface area contributed by atoms with E-state index < -0.39 is 15.8 Å². The SMILES string of the molecule is CN(C)C(N)=NCC1CCN(S(=O)(=O)C(F)F)CC1.I. The molecule has 20 heavy (non-hydrogen) atoms. The zero-order valence-corrected chi connectivity index (χ0v) is 14.6. The number of nitrogens with zero attached hydrogens (tertiary/aromatic N) is 3. The van der Waals surface area contributed by atoms with Crippen LogP contribution in [0.25, 0.3) is 0 Å². The predicted molar refractivity (Wildman–Crippen MR) is 84.8 cm³/mol. The molecule has 0 spiro atoms. The highest BCUT2D eigenvalue weighted by atomic mass is 127. The summed E-state index contributed by atoms with van der Waals surface area (Å²) in [6.45, 7) is 0.732. The fourth-order valence-electron chi connectivity index (χ4n) is 1.82. The molecule has 1 aliphatic rings. The fourth-order valence-corrected chi connectivity index (χ4v) is 2.77. The first kappa shape index (κ1) is 19.8. The Balaban J connectivity index is 0.00000361. The second kappa shape index (κ2) is 8.27. The first-order chi connectivity index (χ1) is 8.75. The third-order valence-electron chi connectivity index (χ3n) is 3.13. The van der Waals surface area contributed by atoms with Gasteiger partial charge in [0.25, 0.3) is 10.0 Å². The molecular weight excluding hydrogens is 405 g/mol. The van der Waals surface area contributed by atoms with Crippen LogP contribution in [0.15, 0.2) is 4.99 Å². The van der Waals surface area contributed by atoms with E-state index in [-0.39, 0.29) is 43.0 Å². The van der Waals surface area contributed by atoms with Crippen molar-refractivity contribution >= 4 is 40.0 Å². The first-order valence-electron chi connectivity index (χ1n) is 5.99. The number of hydrogen-bond acceptors (Lipinski definition) is 3. The molecule has 1 rings (SSSR count). The number of aliphatic imine (C=N–C) groups is 1. The number of alkyl halides is 2. The quantitative estimate of drug-likeness (QED) is 0.409. The molecule has 0 aromatic rings. The molecule has 0 aliphatic carbocycles. The van der Waals surface area contributed by atoms with E-state index in [4.69, 9.17) is 5.73 Å². The number of halogens is 3. The van der Waals surface area contributed by atoms with Crippen molar-refractivity contribution in [3.05, 3.63) is 0 Å². The lowest BCUT2D eigenvalue weighted by molar-refractivity contribution is 0.205. The van der Waals surface area contributed by atoms with Crippen LogP contribution >= 0.6 is 24.0 Å². The Morgan fingerprint density at radius 3 is 2.30 bits per heavy atom. The minimum Gasteiger partial charge on any atom is -0.370 e. The van der Waals surface area contributed by atoms with Crippen LogP contribution in [0, 0.1) is 5.92 Å². The molecule has 120 valence electrons. The van der Waals surface area contributed by atoms with Gasteiger partial charge in [-0.15, -0.1) is 24.0 Å². The van der Waals surface area contributed by atoms with Crippen LogP contribution in [0.5, 0.6) is 0 Å². The molecule has 0 saturated carbocycles. The van der Waals surface area contributed by atoms with Gasteiger partial charge in [-0.3, -0.25) is 4.99 Å². The molecule has 0 atom stereocenters. The Morgan fingerprint density at radius 1 is 1.40 bits per heavy atom. The average molecular weight is 426 g/mol. The molecule has 0 radical (unpaired) electrons. The molecule has 0 aromatic heterocycles. The van der Waals surface area contributed by atoms with Gasteiger partial charge in [-0.05, 0) is 18.8 Å². The first-order valence-corrected chi connectivity index (χ1v) is 7.50. The minimum absolute atomic E-state index is 0. The van der Waals surface area contributed by atoms with Crippen molar-refractivity contribution in [2.24, 2.45) is 16.6 Å². The zero-order valence-electron chi connectivity index (χ0n) is 11.5. The van der Waals surface area contributed by atoms with Crippen LogP contribution in [0.1, 0.15) is 12.8 Å². The van der Waals surface area contributed by atoms with Gasteiger partial charge in [0.15, 0.2) is 5.96 Å². The summed E-state index contributed by atoms with van der Waals surface area (Å²) in [7, 11) is -0.888. The maximum atomic E-state index is 12.4. The van der Waals surface area contributed by atoms with E-state index >= 15 is 0 Å². The largest absolute Gasteiger partial charge is 0.370 e. The van der Waals surface area contributed by atoms with Gasteiger partial charge in [-0.25, -0.2) is 8.42 Å². The number of nitrogens with two attached hydrogens (primary N) is 1. The monoisotopic (exact) mass is 426 g/mol. The molecule has 0 amide bonds. The molecule has 2 N–H and O–H groups in total. The lowest BCUT2D eigenvalue weighted by Crippen LogP contribution is -2.42. The van der Waals surface area contributed by atoms with Gasteiger partial charge in [0, 0.05) is 33.7 Å². The van der Waals surface area contributed by atoms with E-state index in [2.05, 4.69) is 4.99 Å². The zero-order chi connectivity index (χ0) is 14.6. The molecule has 1 fully saturated rings. The molecular formula is C10H21F2IN4O2S. The third-order valence-corrected chi connectivity index (χ3v) is 4.66. The number of piperidine rings is 1. The van der Waals surface area contributed by atoms with Gasteiger partial charge < -0.3 is 10.6 Å². The second-order valence-electron chi connectivity index (χ2n) is 4.74. The van der Waals surface area contributed by atoms with Gasteiger partial charge in [0.05, 0.1) is 0 Å². The standard InChI is InChI=1S/C10H20F2N4O2S.HI/c1-15(2)10(13)14-7-8-3-5-16(6-4-8)19(17,18)9(11)12;/h8-9H,3-7H2,1-2H3,(H2,13,14);1H. The normalized spacial score (nSPS) is 18.9. The van der Waals surface area contributed by atoms with Crippen molar-refractivity contribution in [2.45, 2.75) is 18.6 Å². The molecule has 1 heterocycles. The smallest absolute Gasteiger partial charge is 0.350 e. The summed E-state index contributed by atoms with van der Waals surface area (Å²) in [5, 5.41) is 0. The number of guanidine groups is 1. The van der Waals surface area contributed by atoms with Crippen molar-refractivity contribution in [3.8, 4) is 0 Å². The fraction of sp³-hybridized carbons (Fsp3) is 0.900. The van der Waals surface area contributed by atoms with Crippen LogP contribution in [-0.2, 0) is 10.0 Å². The van der Waals surface area contributed by atoms with Crippen molar-refractivity contribution in [1.82, 2.24) is 9.21 Å². The van der Waals surface area contributed by atoms with Gasteiger partial charge in [0.1, 0.15) is 0 Å². The highest BCUT2D eigenvalue weighted by Gasteiger charge is 2.34. The summed E-state index contributed by atoms with van der Waals surface area (Å²) in [5.41, 5.74) is 5.64. The summed E-state index contributed by atoms with van der Waals surface area (Å²) >= 11 is 0. The van der Waals surface area contributed by atoms with Crippen LogP contribution in [0.2, 0.25) is 0 Å². The highest BCUT2D eigenvalue weighted by molar-refractivity contribution is 14.0. The Hall–Kier alpha value is -0.230. The Morgan fingerprint density at radius 2 is 1.90 bits per heavy atom. The van der Waals surface area contributed by atoms with Crippen LogP contribution in [0.4, 0.5) is 8.78 Å². The van der Waals surface area contributed by atoms with Crippen molar-refractivity contribution in [3.63, 3.8) is 0 Å². The summed E-state index contributed by atoms with van der Waals surface area (Å²) < 4.78 is 48.1. The lowest BCUT2D eigenvalue weighted by Gasteiger charge is -2.30. The van der Waals surface area contributed by atoms with E-state index in [0.717, 1.165) is 4.31 Å². The average Bonchev–Trinajstić information content (AvgIpc) is 2.36. The number of rotatable bonds is 4. The van der Waals surface area contributed by atoms with Crippen LogP contribution in [-0.4, -0.2) is 63.1 Å². The Labute approximate surface area is 135 Å². The molecule has 1 saturated heterocycles. The summed E-state index contributed by atoms with van der Waals surface area (Å²) in [6, 6.07) is 0. The molecule has 0 aromatic carbocycles. The van der Waals surface area contributed by atoms with Gasteiger partial charge in [0.2, 0.25) is 0 Å².